The maximum absolute atomic E-state index is 14.1. The number of piperidine rings is 1. The number of aliphatic imine (C=N–C) groups is 1. The fourth-order valence-electron chi connectivity index (χ4n) is 4.28. The van der Waals surface area contributed by atoms with E-state index in [0.717, 1.165) is 10.8 Å². The van der Waals surface area contributed by atoms with E-state index in [1.54, 1.807) is 6.07 Å². The van der Waals surface area contributed by atoms with Crippen LogP contribution in [0.1, 0.15) is 28.8 Å². The van der Waals surface area contributed by atoms with Crippen LogP contribution >= 0.6 is 12.4 Å². The molecule has 3 aromatic rings. The van der Waals surface area contributed by atoms with Crippen molar-refractivity contribution in [2.24, 2.45) is 10.7 Å². The highest BCUT2D eigenvalue weighted by Gasteiger charge is 2.39. The zero-order valence-corrected chi connectivity index (χ0v) is 17.1. The number of benzene rings is 3. The first-order valence-electron chi connectivity index (χ1n) is 9.75. The highest BCUT2D eigenvalue weighted by atomic mass is 35.5. The van der Waals surface area contributed by atoms with Gasteiger partial charge in [-0.2, -0.15) is 0 Å². The van der Waals surface area contributed by atoms with E-state index in [4.69, 9.17) is 5.73 Å². The van der Waals surface area contributed by atoms with Gasteiger partial charge in [0, 0.05) is 37.2 Å². The molecule has 5 nitrogen and oxygen atoms in total. The summed E-state index contributed by atoms with van der Waals surface area (Å²) in [7, 11) is 0. The zero-order valence-electron chi connectivity index (χ0n) is 16.3. The molecule has 0 saturated carbocycles. The van der Waals surface area contributed by atoms with Gasteiger partial charge < -0.3 is 16.0 Å². The lowest BCUT2D eigenvalue weighted by Gasteiger charge is -2.42. The second-order valence-electron chi connectivity index (χ2n) is 7.67. The van der Waals surface area contributed by atoms with Crippen LogP contribution in [-0.4, -0.2) is 35.4 Å². The van der Waals surface area contributed by atoms with Gasteiger partial charge in [0.05, 0.1) is 5.56 Å². The van der Waals surface area contributed by atoms with Crippen LogP contribution in [0, 0.1) is 5.82 Å². The van der Waals surface area contributed by atoms with Crippen LogP contribution in [0.4, 0.5) is 10.1 Å². The van der Waals surface area contributed by atoms with Crippen LogP contribution in [0.3, 0.4) is 0 Å². The first kappa shape index (κ1) is 20.2. The second-order valence-corrected chi connectivity index (χ2v) is 7.67. The number of rotatable bonds is 1. The van der Waals surface area contributed by atoms with Gasteiger partial charge in [-0.3, -0.25) is 4.79 Å². The average Bonchev–Trinajstić information content (AvgIpc) is 2.73. The summed E-state index contributed by atoms with van der Waals surface area (Å²) >= 11 is 0. The number of carbonyl (C=O) groups is 1. The molecule has 0 unspecified atom stereocenters. The second kappa shape index (κ2) is 7.61. The summed E-state index contributed by atoms with van der Waals surface area (Å²) in [5, 5.41) is 5.53. The first-order valence-corrected chi connectivity index (χ1v) is 9.75. The molecule has 5 rings (SSSR count). The topological polar surface area (TPSA) is 70.7 Å². The Labute approximate surface area is 180 Å². The van der Waals surface area contributed by atoms with E-state index >= 15 is 0 Å². The third-order valence-corrected chi connectivity index (χ3v) is 5.85. The zero-order chi connectivity index (χ0) is 20.0. The van der Waals surface area contributed by atoms with Crippen LogP contribution in [-0.2, 0) is 0 Å². The first-order chi connectivity index (χ1) is 14.0. The van der Waals surface area contributed by atoms with Crippen LogP contribution < -0.4 is 11.1 Å². The van der Waals surface area contributed by atoms with Gasteiger partial charge in [0.2, 0.25) is 0 Å². The Morgan fingerprint density at radius 2 is 1.77 bits per heavy atom. The van der Waals surface area contributed by atoms with Crippen molar-refractivity contribution in [3.8, 4) is 0 Å². The Balaban J connectivity index is 0.00000218. The molecular formula is C23H22ClFN4O. The Morgan fingerprint density at radius 1 is 1.03 bits per heavy atom. The third kappa shape index (κ3) is 3.37. The monoisotopic (exact) mass is 424 g/mol. The molecule has 0 aliphatic carbocycles. The Morgan fingerprint density at radius 3 is 2.53 bits per heavy atom. The molecule has 2 aliphatic rings. The molecular weight excluding hydrogens is 403 g/mol. The smallest absolute Gasteiger partial charge is 0.253 e. The van der Waals surface area contributed by atoms with Crippen molar-refractivity contribution in [1.29, 1.82) is 0 Å². The normalized spacial score (nSPS) is 17.0. The van der Waals surface area contributed by atoms with Gasteiger partial charge in [-0.05, 0) is 35.0 Å². The number of amidine groups is 1. The molecule has 30 heavy (non-hydrogen) atoms. The minimum Gasteiger partial charge on any atom is -0.383 e. The number of nitrogens with two attached hydrogens (primary N) is 1. The third-order valence-electron chi connectivity index (χ3n) is 5.85. The minimum absolute atomic E-state index is 0. The van der Waals surface area contributed by atoms with Crippen molar-refractivity contribution < 1.29 is 9.18 Å². The highest BCUT2D eigenvalue weighted by Crippen LogP contribution is 2.35. The molecule has 1 fully saturated rings. The van der Waals surface area contributed by atoms with Crippen LogP contribution in [0.15, 0.2) is 65.7 Å². The summed E-state index contributed by atoms with van der Waals surface area (Å²) in [5.41, 5.74) is 7.16. The summed E-state index contributed by atoms with van der Waals surface area (Å²) in [4.78, 5) is 19.5. The van der Waals surface area contributed by atoms with Crippen LogP contribution in [0.5, 0.6) is 0 Å². The van der Waals surface area contributed by atoms with Gasteiger partial charge in [-0.25, -0.2) is 9.38 Å². The Hall–Kier alpha value is -3.12. The van der Waals surface area contributed by atoms with Gasteiger partial charge in [0.15, 0.2) is 0 Å². The van der Waals surface area contributed by atoms with Crippen molar-refractivity contribution in [3.63, 3.8) is 0 Å². The van der Waals surface area contributed by atoms with E-state index < -0.39 is 5.66 Å². The van der Waals surface area contributed by atoms with E-state index in [0.29, 0.717) is 42.7 Å². The molecule has 0 bridgehead atoms. The number of anilines is 1. The molecule has 1 spiro atoms. The van der Waals surface area contributed by atoms with Crippen molar-refractivity contribution in [1.82, 2.24) is 4.90 Å². The van der Waals surface area contributed by atoms with Crippen LogP contribution in [0.25, 0.3) is 10.8 Å². The number of hydrogen-bond acceptors (Lipinski definition) is 4. The SMILES string of the molecule is Cl.NC1=NC2(CCN(C(=O)c3ccc4ccccc4c3)CC2)Nc2cccc(F)c21. The quantitative estimate of drug-likeness (QED) is 0.616. The number of nitrogens with one attached hydrogen (secondary N) is 1. The van der Waals surface area contributed by atoms with Gasteiger partial charge in [-0.15, -0.1) is 12.4 Å². The number of likely N-dealkylation sites (tertiary alicyclic amines) is 1. The van der Waals surface area contributed by atoms with Crippen LogP contribution in [0.2, 0.25) is 0 Å². The van der Waals surface area contributed by atoms with E-state index in [-0.39, 0.29) is 30.0 Å². The lowest BCUT2D eigenvalue weighted by atomic mass is 9.93. The lowest BCUT2D eigenvalue weighted by molar-refractivity contribution is 0.0686. The summed E-state index contributed by atoms with van der Waals surface area (Å²) in [6.45, 7) is 1.11. The molecule has 0 radical (unpaired) electrons. The Kier molecular flexibility index (Phi) is 5.12. The average molecular weight is 425 g/mol. The molecule has 0 atom stereocenters. The highest BCUT2D eigenvalue weighted by molar-refractivity contribution is 6.04. The van der Waals surface area contributed by atoms with Gasteiger partial charge in [0.25, 0.3) is 5.91 Å². The molecule has 7 heteroatoms. The number of amides is 1. The maximum atomic E-state index is 14.1. The van der Waals surface area contributed by atoms with Crippen molar-refractivity contribution in [3.05, 3.63) is 77.6 Å². The van der Waals surface area contributed by atoms with Gasteiger partial charge >= 0.3 is 0 Å². The molecule has 0 aromatic heterocycles. The number of fused-ring (bicyclic) bond motifs is 2. The van der Waals surface area contributed by atoms with Crippen molar-refractivity contribution in [2.75, 3.05) is 18.4 Å². The van der Waals surface area contributed by atoms with E-state index in [2.05, 4.69) is 10.3 Å². The van der Waals surface area contributed by atoms with Gasteiger partial charge in [0.1, 0.15) is 17.3 Å². The molecule has 2 heterocycles. The lowest BCUT2D eigenvalue weighted by Crippen LogP contribution is -2.52. The number of halogens is 2. The summed E-state index contributed by atoms with van der Waals surface area (Å²) in [5.74, 6) is -0.147. The number of hydrogen-bond donors (Lipinski definition) is 2. The molecule has 2 aliphatic heterocycles. The van der Waals surface area contributed by atoms with Crippen molar-refractivity contribution >= 4 is 40.6 Å². The predicted octanol–water partition coefficient (Wildman–Crippen LogP) is 4.16. The molecule has 1 amide bonds. The summed E-state index contributed by atoms with van der Waals surface area (Å²) in [6.07, 6.45) is 1.23. The van der Waals surface area contributed by atoms with E-state index in [1.807, 2.05) is 53.4 Å². The minimum atomic E-state index is -0.592. The standard InChI is InChI=1S/C23H21FN4O.ClH/c24-18-6-3-7-19-20(18)21(25)27-23(26-19)10-12-28(13-11-23)22(29)17-9-8-15-4-1-2-5-16(15)14-17;/h1-9,14,26H,10-13H2,(H2,25,27);1H. The fourth-order valence-corrected chi connectivity index (χ4v) is 4.28. The maximum Gasteiger partial charge on any atom is 0.253 e. The predicted molar refractivity (Wildman–Crippen MR) is 120 cm³/mol. The number of nitrogens with zero attached hydrogens (tertiary/aromatic N) is 2. The largest absolute Gasteiger partial charge is 0.383 e. The van der Waals surface area contributed by atoms with Gasteiger partial charge in [-0.1, -0.05) is 36.4 Å². The van der Waals surface area contributed by atoms with E-state index in [9.17, 15) is 9.18 Å². The summed E-state index contributed by atoms with van der Waals surface area (Å²) in [6, 6.07) is 18.7. The molecule has 1 saturated heterocycles. The Bertz CT molecular complexity index is 1150. The summed E-state index contributed by atoms with van der Waals surface area (Å²) < 4.78 is 14.1. The number of carbonyl (C=O) groups excluding carboxylic acids is 1. The fraction of sp³-hybridized carbons (Fsp3) is 0.217. The molecule has 3 aromatic carbocycles. The van der Waals surface area contributed by atoms with Crippen molar-refractivity contribution in [2.45, 2.75) is 18.5 Å². The molecule has 3 N–H and O–H groups in total. The van der Waals surface area contributed by atoms with E-state index in [1.165, 1.54) is 6.07 Å². The molecule has 154 valence electrons.